The number of rotatable bonds is 8. The third kappa shape index (κ3) is 6.15. The zero-order chi connectivity index (χ0) is 24.4. The van der Waals surface area contributed by atoms with E-state index < -0.39 is 5.41 Å². The summed E-state index contributed by atoms with van der Waals surface area (Å²) in [7, 11) is 1.70. The highest BCUT2D eigenvalue weighted by molar-refractivity contribution is 9.10. The number of esters is 1. The lowest BCUT2D eigenvalue weighted by Gasteiger charge is -2.26. The number of fused-ring (bicyclic) bond motifs is 1. The number of thioether (sulfide) groups is 1. The minimum absolute atomic E-state index is 0.00260. The molecule has 178 valence electrons. The second kappa shape index (κ2) is 10.1. The largest absolute Gasteiger partial charge is 0.497 e. The van der Waals surface area contributed by atoms with Crippen LogP contribution in [0.25, 0.3) is 10.9 Å². The summed E-state index contributed by atoms with van der Waals surface area (Å²) in [5.41, 5.74) is 2.84. The quantitative estimate of drug-likeness (QED) is 0.223. The highest BCUT2D eigenvalue weighted by Gasteiger charge is 2.34. The van der Waals surface area contributed by atoms with E-state index in [1.807, 2.05) is 38.6 Å². The highest BCUT2D eigenvalue weighted by Crippen LogP contribution is 2.44. The Hall–Kier alpha value is -1.92. The van der Waals surface area contributed by atoms with Gasteiger partial charge in [0.05, 0.1) is 19.1 Å². The van der Waals surface area contributed by atoms with E-state index in [0.29, 0.717) is 13.0 Å². The Bertz CT molecular complexity index is 1130. The third-order valence-electron chi connectivity index (χ3n) is 5.43. The molecule has 0 atom stereocenters. The fourth-order valence-electron chi connectivity index (χ4n) is 3.85. The number of ether oxygens (including phenoxy) is 2. The molecule has 0 N–H and O–H groups in total. The molecule has 0 unspecified atom stereocenters. The van der Waals surface area contributed by atoms with E-state index in [2.05, 4.69) is 77.7 Å². The molecule has 0 aliphatic heterocycles. The van der Waals surface area contributed by atoms with Crippen LogP contribution >= 0.6 is 27.7 Å². The van der Waals surface area contributed by atoms with Crippen molar-refractivity contribution >= 4 is 44.6 Å². The van der Waals surface area contributed by atoms with Crippen molar-refractivity contribution in [1.82, 2.24) is 4.57 Å². The molecule has 4 nitrogen and oxygen atoms in total. The Morgan fingerprint density at radius 3 is 2.30 bits per heavy atom. The van der Waals surface area contributed by atoms with Crippen LogP contribution in [0.1, 0.15) is 52.8 Å². The molecular weight excluding hydrogens is 498 g/mol. The van der Waals surface area contributed by atoms with E-state index >= 15 is 0 Å². The van der Waals surface area contributed by atoms with Crippen LogP contribution in [-0.4, -0.2) is 29.0 Å². The molecule has 0 spiro atoms. The smallest absolute Gasteiger partial charge is 0.311 e. The van der Waals surface area contributed by atoms with Gasteiger partial charge in [0.25, 0.3) is 0 Å². The summed E-state index contributed by atoms with van der Waals surface area (Å²) in [6.07, 6.45) is 0.581. The SMILES string of the molecule is CCOC(=O)C(C)(C)Cc1c(SC(C)(C)C)c2cc(OC)ccc2n1Cc1ccc(Br)cc1. The molecule has 1 heterocycles. The number of methoxy groups -OCH3 is 1. The van der Waals surface area contributed by atoms with Crippen LogP contribution < -0.4 is 4.74 Å². The van der Waals surface area contributed by atoms with Crippen LogP contribution in [0, 0.1) is 5.41 Å². The number of hydrogen-bond acceptors (Lipinski definition) is 4. The van der Waals surface area contributed by atoms with Crippen molar-refractivity contribution in [3.63, 3.8) is 0 Å². The van der Waals surface area contributed by atoms with E-state index in [9.17, 15) is 4.79 Å². The van der Waals surface area contributed by atoms with Crippen molar-refractivity contribution < 1.29 is 14.3 Å². The molecular formula is C27H34BrNO3S. The van der Waals surface area contributed by atoms with Gasteiger partial charge < -0.3 is 14.0 Å². The number of halogens is 1. The molecule has 0 fully saturated rings. The standard InChI is InChI=1S/C27H34BrNO3S/c1-8-32-25(30)27(5,6)16-23-24(33-26(2,3)4)21-15-20(31-7)13-14-22(21)29(23)17-18-9-11-19(28)12-10-18/h9-15H,8,16-17H2,1-7H3. The maximum absolute atomic E-state index is 12.8. The molecule has 0 amide bonds. The van der Waals surface area contributed by atoms with Crippen LogP contribution in [0.4, 0.5) is 0 Å². The average molecular weight is 533 g/mol. The molecule has 33 heavy (non-hydrogen) atoms. The number of carbonyl (C=O) groups is 1. The topological polar surface area (TPSA) is 40.5 Å². The Morgan fingerprint density at radius 2 is 1.73 bits per heavy atom. The van der Waals surface area contributed by atoms with Crippen molar-refractivity contribution in [2.24, 2.45) is 5.41 Å². The van der Waals surface area contributed by atoms with Crippen molar-refractivity contribution in [1.29, 1.82) is 0 Å². The average Bonchev–Trinajstić information content (AvgIpc) is 3.00. The van der Waals surface area contributed by atoms with E-state index in [-0.39, 0.29) is 10.7 Å². The molecule has 3 rings (SSSR count). The summed E-state index contributed by atoms with van der Waals surface area (Å²) in [4.78, 5) is 14.0. The molecule has 6 heteroatoms. The maximum atomic E-state index is 12.8. The van der Waals surface area contributed by atoms with Crippen molar-refractivity contribution in [3.8, 4) is 5.75 Å². The van der Waals surface area contributed by atoms with Crippen molar-refractivity contribution in [3.05, 3.63) is 58.2 Å². The first-order valence-electron chi connectivity index (χ1n) is 11.2. The lowest BCUT2D eigenvalue weighted by atomic mass is 9.87. The monoisotopic (exact) mass is 531 g/mol. The van der Waals surface area contributed by atoms with Gasteiger partial charge in [-0.25, -0.2) is 0 Å². The molecule has 0 aliphatic rings. The second-order valence-electron chi connectivity index (χ2n) is 9.87. The molecule has 3 aromatic rings. The number of carbonyl (C=O) groups excluding carboxylic acids is 1. The zero-order valence-corrected chi connectivity index (χ0v) is 23.0. The number of nitrogens with zero attached hydrogens (tertiary/aromatic N) is 1. The Kier molecular flexibility index (Phi) is 7.90. The minimum atomic E-state index is -0.654. The van der Waals surface area contributed by atoms with Gasteiger partial charge >= 0.3 is 5.97 Å². The van der Waals surface area contributed by atoms with Crippen LogP contribution in [0.15, 0.2) is 51.8 Å². The van der Waals surface area contributed by atoms with Gasteiger partial charge in [0.1, 0.15) is 5.75 Å². The van der Waals surface area contributed by atoms with Gasteiger partial charge in [-0.05, 0) is 56.7 Å². The van der Waals surface area contributed by atoms with Crippen LogP contribution in [-0.2, 0) is 22.5 Å². The Labute approximate surface area is 210 Å². The van der Waals surface area contributed by atoms with Gasteiger partial charge in [0, 0.05) is 43.7 Å². The first kappa shape index (κ1) is 25.7. The van der Waals surface area contributed by atoms with E-state index in [1.165, 1.54) is 10.5 Å². The molecule has 0 saturated carbocycles. The molecule has 0 saturated heterocycles. The zero-order valence-electron chi connectivity index (χ0n) is 20.6. The van der Waals surface area contributed by atoms with E-state index in [4.69, 9.17) is 9.47 Å². The van der Waals surface area contributed by atoms with Gasteiger partial charge in [-0.1, -0.05) is 48.8 Å². The highest BCUT2D eigenvalue weighted by atomic mass is 79.9. The summed E-state index contributed by atoms with van der Waals surface area (Å²) < 4.78 is 14.4. The lowest BCUT2D eigenvalue weighted by molar-refractivity contribution is -0.153. The number of hydrogen-bond donors (Lipinski definition) is 0. The van der Waals surface area contributed by atoms with Gasteiger partial charge in [-0.15, -0.1) is 11.8 Å². The molecule has 2 aromatic carbocycles. The van der Waals surface area contributed by atoms with Gasteiger partial charge in [-0.2, -0.15) is 0 Å². The second-order valence-corrected chi connectivity index (χ2v) is 12.6. The number of benzene rings is 2. The number of aromatic nitrogens is 1. The molecule has 0 aliphatic carbocycles. The van der Waals surface area contributed by atoms with Crippen molar-refractivity contribution in [2.45, 2.75) is 64.2 Å². The fraction of sp³-hybridized carbons (Fsp3) is 0.444. The van der Waals surface area contributed by atoms with Crippen LogP contribution in [0.3, 0.4) is 0 Å². The lowest BCUT2D eigenvalue weighted by Crippen LogP contribution is -2.30. The third-order valence-corrected chi connectivity index (χ3v) is 7.23. The fourth-order valence-corrected chi connectivity index (χ4v) is 5.30. The molecule has 0 radical (unpaired) electrons. The summed E-state index contributed by atoms with van der Waals surface area (Å²) >= 11 is 5.37. The van der Waals surface area contributed by atoms with E-state index in [0.717, 1.165) is 33.4 Å². The first-order valence-corrected chi connectivity index (χ1v) is 12.9. The summed E-state index contributed by atoms with van der Waals surface area (Å²) in [6.45, 7) is 13.5. The van der Waals surface area contributed by atoms with Crippen molar-refractivity contribution in [2.75, 3.05) is 13.7 Å². The van der Waals surface area contributed by atoms with Crippen LogP contribution in [0.5, 0.6) is 5.75 Å². The normalized spacial score (nSPS) is 12.2. The van der Waals surface area contributed by atoms with Gasteiger partial charge in [-0.3, -0.25) is 4.79 Å². The Balaban J connectivity index is 2.24. The minimum Gasteiger partial charge on any atom is -0.497 e. The maximum Gasteiger partial charge on any atom is 0.311 e. The molecule has 1 aromatic heterocycles. The summed E-state index contributed by atoms with van der Waals surface area (Å²) in [5.74, 6) is 0.657. The first-order chi connectivity index (χ1) is 15.4. The predicted octanol–water partition coefficient (Wildman–Crippen LogP) is 7.48. The summed E-state index contributed by atoms with van der Waals surface area (Å²) in [5, 5.41) is 1.15. The predicted molar refractivity (Wildman–Crippen MR) is 141 cm³/mol. The van der Waals surface area contributed by atoms with E-state index in [1.54, 1.807) is 7.11 Å². The Morgan fingerprint density at radius 1 is 1.06 bits per heavy atom. The van der Waals surface area contributed by atoms with Gasteiger partial charge in [0.15, 0.2) is 0 Å². The summed E-state index contributed by atoms with van der Waals surface area (Å²) in [6, 6.07) is 14.6. The molecule has 0 bridgehead atoms. The van der Waals surface area contributed by atoms with Gasteiger partial charge in [0.2, 0.25) is 0 Å². The van der Waals surface area contributed by atoms with Crippen LogP contribution in [0.2, 0.25) is 0 Å².